The van der Waals surface area contributed by atoms with Gasteiger partial charge in [-0.25, -0.2) is 4.99 Å². The van der Waals surface area contributed by atoms with Crippen LogP contribution in [0, 0.1) is 0 Å². The predicted molar refractivity (Wildman–Crippen MR) is 74.8 cm³/mol. The van der Waals surface area contributed by atoms with Crippen LogP contribution in [0.15, 0.2) is 28.2 Å². The van der Waals surface area contributed by atoms with E-state index >= 15 is 0 Å². The number of hydrogen-bond donors (Lipinski definition) is 0. The van der Waals surface area contributed by atoms with Gasteiger partial charge in [0.25, 0.3) is 0 Å². The first kappa shape index (κ1) is 14.0. The van der Waals surface area contributed by atoms with E-state index in [-0.39, 0.29) is 5.41 Å². The zero-order valence-electron chi connectivity index (χ0n) is 10.9. The van der Waals surface area contributed by atoms with Gasteiger partial charge in [0.05, 0.1) is 16.7 Å². The molecule has 0 spiro atoms. The van der Waals surface area contributed by atoms with Crippen LogP contribution in [0.2, 0.25) is 5.02 Å². The third-order valence-electron chi connectivity index (χ3n) is 2.87. The quantitative estimate of drug-likeness (QED) is 0.683. The molecule has 0 aliphatic carbocycles. The fourth-order valence-electron chi connectivity index (χ4n) is 1.89. The second-order valence-electron chi connectivity index (χ2n) is 4.74. The topological polar surface area (TPSA) is 24.7 Å². The Labute approximate surface area is 108 Å². The van der Waals surface area contributed by atoms with E-state index in [1.165, 1.54) is 5.56 Å². The van der Waals surface area contributed by atoms with Gasteiger partial charge in [0.2, 0.25) is 0 Å². The van der Waals surface area contributed by atoms with Crippen LogP contribution in [-0.4, -0.2) is 13.1 Å². The van der Waals surface area contributed by atoms with Gasteiger partial charge in [-0.15, -0.1) is 0 Å². The Hall–Kier alpha value is -1.11. The van der Waals surface area contributed by atoms with Crippen molar-refractivity contribution in [2.75, 3.05) is 7.05 Å². The number of hydrogen-bond acceptors (Lipinski definition) is 2. The molecule has 92 valence electrons. The first-order valence-electron chi connectivity index (χ1n) is 5.86. The zero-order valence-corrected chi connectivity index (χ0v) is 11.7. The van der Waals surface area contributed by atoms with Gasteiger partial charge in [0, 0.05) is 7.05 Å². The molecule has 0 amide bonds. The molecule has 0 fully saturated rings. The molecule has 0 aliphatic rings. The standard InChI is InChI=1S/C14H19ClN2/c1-5-8-14(2,3)11-6-7-12(15)13(9-11)17-10-16-4/h6-7,9H,5,8H2,1-4H3. The van der Waals surface area contributed by atoms with E-state index in [1.54, 1.807) is 7.05 Å². The highest BCUT2D eigenvalue weighted by molar-refractivity contribution is 6.33. The Kier molecular flexibility index (Phi) is 4.92. The van der Waals surface area contributed by atoms with Crippen molar-refractivity contribution >= 4 is 23.3 Å². The lowest BCUT2D eigenvalue weighted by Gasteiger charge is -2.25. The van der Waals surface area contributed by atoms with E-state index in [0.29, 0.717) is 5.02 Å². The first-order chi connectivity index (χ1) is 8.01. The second kappa shape index (κ2) is 6.00. The van der Waals surface area contributed by atoms with Crippen LogP contribution in [0.1, 0.15) is 39.2 Å². The zero-order chi connectivity index (χ0) is 12.9. The van der Waals surface area contributed by atoms with Gasteiger partial charge in [-0.05, 0) is 29.5 Å². The van der Waals surface area contributed by atoms with Gasteiger partial charge in [-0.2, -0.15) is 4.99 Å². The smallest absolute Gasteiger partial charge is 0.0946 e. The average molecular weight is 251 g/mol. The first-order valence-corrected chi connectivity index (χ1v) is 6.23. The molecule has 0 saturated heterocycles. The molecule has 2 nitrogen and oxygen atoms in total. The number of aliphatic imine (C=N–C) groups is 2. The monoisotopic (exact) mass is 250 g/mol. The van der Waals surface area contributed by atoms with Gasteiger partial charge in [0.1, 0.15) is 0 Å². The third kappa shape index (κ3) is 3.69. The molecule has 0 heterocycles. The average Bonchev–Trinajstić information content (AvgIpc) is 2.27. The lowest BCUT2D eigenvalue weighted by atomic mass is 9.80. The van der Waals surface area contributed by atoms with Crippen molar-refractivity contribution in [3.8, 4) is 0 Å². The summed E-state index contributed by atoms with van der Waals surface area (Å²) in [5.41, 5.74) is 2.13. The minimum absolute atomic E-state index is 0.146. The fourth-order valence-corrected chi connectivity index (χ4v) is 2.05. The largest absolute Gasteiger partial charge is 0.229 e. The molecule has 3 heteroatoms. The van der Waals surface area contributed by atoms with Crippen molar-refractivity contribution in [3.63, 3.8) is 0 Å². The predicted octanol–water partition coefficient (Wildman–Crippen LogP) is 4.85. The Balaban J connectivity index is 3.16. The van der Waals surface area contributed by atoms with Crippen molar-refractivity contribution in [2.45, 2.75) is 39.0 Å². The summed E-state index contributed by atoms with van der Waals surface area (Å²) < 4.78 is 0. The normalized spacial score (nSPS) is 10.9. The van der Waals surface area contributed by atoms with E-state index in [2.05, 4.69) is 42.8 Å². The van der Waals surface area contributed by atoms with E-state index in [1.807, 2.05) is 12.1 Å². The molecule has 0 atom stereocenters. The van der Waals surface area contributed by atoms with Gasteiger partial charge >= 0.3 is 0 Å². The van der Waals surface area contributed by atoms with Gasteiger partial charge < -0.3 is 0 Å². The van der Waals surface area contributed by atoms with Crippen LogP contribution in [0.5, 0.6) is 0 Å². The number of rotatable bonds is 4. The summed E-state index contributed by atoms with van der Waals surface area (Å²) in [7, 11) is 1.64. The SMILES string of the molecule is CCCC(C)(C)c1ccc(Cl)c(N=C=NC)c1. The van der Waals surface area contributed by atoms with Gasteiger partial charge in [-0.3, -0.25) is 0 Å². The Bertz CT molecular complexity index is 444. The summed E-state index contributed by atoms with van der Waals surface area (Å²) in [6.45, 7) is 6.67. The van der Waals surface area contributed by atoms with Crippen molar-refractivity contribution in [1.82, 2.24) is 0 Å². The van der Waals surface area contributed by atoms with Crippen molar-refractivity contribution in [2.24, 2.45) is 9.98 Å². The van der Waals surface area contributed by atoms with Crippen LogP contribution in [0.4, 0.5) is 5.69 Å². The molecule has 0 unspecified atom stereocenters. The molecule has 0 radical (unpaired) electrons. The summed E-state index contributed by atoms with van der Waals surface area (Å²) in [6.07, 6.45) is 2.30. The summed E-state index contributed by atoms with van der Waals surface area (Å²) >= 11 is 6.08. The highest BCUT2D eigenvalue weighted by Crippen LogP contribution is 2.34. The van der Waals surface area contributed by atoms with E-state index in [4.69, 9.17) is 11.6 Å². The maximum atomic E-state index is 6.08. The molecule has 0 N–H and O–H groups in total. The second-order valence-corrected chi connectivity index (χ2v) is 5.14. The molecule has 1 aromatic carbocycles. The number of benzene rings is 1. The van der Waals surface area contributed by atoms with E-state index < -0.39 is 0 Å². The molecule has 0 saturated carbocycles. The Morgan fingerprint density at radius 2 is 2.06 bits per heavy atom. The van der Waals surface area contributed by atoms with E-state index in [0.717, 1.165) is 18.5 Å². The minimum Gasteiger partial charge on any atom is -0.229 e. The van der Waals surface area contributed by atoms with Crippen LogP contribution in [0.25, 0.3) is 0 Å². The molecule has 0 bridgehead atoms. The van der Waals surface area contributed by atoms with Crippen LogP contribution in [0.3, 0.4) is 0 Å². The highest BCUT2D eigenvalue weighted by Gasteiger charge is 2.20. The maximum absolute atomic E-state index is 6.08. The van der Waals surface area contributed by atoms with E-state index in [9.17, 15) is 0 Å². The summed E-state index contributed by atoms with van der Waals surface area (Å²) in [5.74, 6) is 0. The summed E-state index contributed by atoms with van der Waals surface area (Å²) in [5, 5.41) is 0.636. The highest BCUT2D eigenvalue weighted by atomic mass is 35.5. The third-order valence-corrected chi connectivity index (χ3v) is 3.19. The minimum atomic E-state index is 0.146. The van der Waals surface area contributed by atoms with Gasteiger partial charge in [-0.1, -0.05) is 44.9 Å². The van der Waals surface area contributed by atoms with Crippen molar-refractivity contribution < 1.29 is 0 Å². The number of halogens is 1. The molecule has 1 rings (SSSR count). The van der Waals surface area contributed by atoms with Crippen LogP contribution >= 0.6 is 11.6 Å². The fraction of sp³-hybridized carbons (Fsp3) is 0.500. The van der Waals surface area contributed by atoms with Gasteiger partial charge in [0.15, 0.2) is 0 Å². The Morgan fingerprint density at radius 3 is 2.65 bits per heavy atom. The molecule has 17 heavy (non-hydrogen) atoms. The van der Waals surface area contributed by atoms with Crippen LogP contribution in [-0.2, 0) is 5.41 Å². The molecule has 0 aromatic heterocycles. The lowest BCUT2D eigenvalue weighted by molar-refractivity contribution is 0.473. The maximum Gasteiger partial charge on any atom is 0.0946 e. The molecule has 1 aromatic rings. The number of nitrogens with zero attached hydrogens (tertiary/aromatic N) is 2. The molecule has 0 aliphatic heterocycles. The summed E-state index contributed by atoms with van der Waals surface area (Å²) in [6, 6.07) is 8.57. The molecular weight excluding hydrogens is 232 g/mol. The van der Waals surface area contributed by atoms with Crippen LogP contribution < -0.4 is 0 Å². The van der Waals surface area contributed by atoms with Crippen molar-refractivity contribution in [1.29, 1.82) is 0 Å². The Morgan fingerprint density at radius 1 is 1.35 bits per heavy atom. The van der Waals surface area contributed by atoms with Crippen molar-refractivity contribution in [3.05, 3.63) is 28.8 Å². The lowest BCUT2D eigenvalue weighted by Crippen LogP contribution is -2.16. The summed E-state index contributed by atoms with van der Waals surface area (Å²) in [4.78, 5) is 7.83. The molecular formula is C14H19ClN2.